The molecule has 1 N–H and O–H groups in total. The molecule has 0 fully saturated rings. The molecule has 37 heavy (non-hydrogen) atoms. The molecule has 3 aromatic heterocycles. The van der Waals surface area contributed by atoms with Gasteiger partial charge < -0.3 is 10.1 Å². The second kappa shape index (κ2) is 11.6. The van der Waals surface area contributed by atoms with Gasteiger partial charge in [-0.1, -0.05) is 17.3 Å². The summed E-state index contributed by atoms with van der Waals surface area (Å²) in [5.41, 5.74) is 3.26. The van der Waals surface area contributed by atoms with Gasteiger partial charge in [-0.15, -0.1) is 23.4 Å². The molecule has 0 atom stereocenters. The molecule has 3 heterocycles. The number of hydrogen-bond acceptors (Lipinski definition) is 7. The Labute approximate surface area is 210 Å². The molecular weight excluding hydrogens is 487 g/mol. The van der Waals surface area contributed by atoms with E-state index < -0.39 is 6.36 Å². The van der Waals surface area contributed by atoms with Gasteiger partial charge in [-0.05, 0) is 73.7 Å². The van der Waals surface area contributed by atoms with Crippen LogP contribution in [-0.2, 0) is 24.2 Å². The SMILES string of the molecule is Cc1cn(CCCCc2ccc(NC(=O)Cc3cc(-c4cccc(OC(F)(F)F)c4)ccn3)nn2)nn1. The van der Waals surface area contributed by atoms with E-state index in [-0.39, 0.29) is 18.1 Å². The number of anilines is 1. The molecule has 4 rings (SSSR count). The summed E-state index contributed by atoms with van der Waals surface area (Å²) in [6.07, 6.45) is 1.15. The Morgan fingerprint density at radius 2 is 1.84 bits per heavy atom. The largest absolute Gasteiger partial charge is 0.573 e. The van der Waals surface area contributed by atoms with Crippen molar-refractivity contribution < 1.29 is 22.7 Å². The monoisotopic (exact) mass is 511 g/mol. The first-order valence-corrected chi connectivity index (χ1v) is 11.5. The number of halogens is 3. The predicted octanol–water partition coefficient (Wildman–Crippen LogP) is 4.54. The van der Waals surface area contributed by atoms with Gasteiger partial charge in [0.05, 0.1) is 23.5 Å². The zero-order valence-corrected chi connectivity index (χ0v) is 19.9. The third-order valence-corrected chi connectivity index (χ3v) is 5.27. The minimum atomic E-state index is -4.78. The van der Waals surface area contributed by atoms with Crippen LogP contribution < -0.4 is 10.1 Å². The molecule has 0 aliphatic rings. The van der Waals surface area contributed by atoms with Gasteiger partial charge in [0.15, 0.2) is 5.82 Å². The Morgan fingerprint density at radius 1 is 1.00 bits per heavy atom. The van der Waals surface area contributed by atoms with Crippen LogP contribution in [0.1, 0.15) is 29.9 Å². The highest BCUT2D eigenvalue weighted by atomic mass is 19.4. The van der Waals surface area contributed by atoms with E-state index in [1.807, 2.05) is 23.9 Å². The Hall–Kier alpha value is -4.35. The number of amides is 1. The van der Waals surface area contributed by atoms with Crippen LogP contribution in [0, 0.1) is 6.92 Å². The van der Waals surface area contributed by atoms with Gasteiger partial charge in [-0.2, -0.15) is 5.10 Å². The van der Waals surface area contributed by atoms with Crippen LogP contribution in [0.25, 0.3) is 11.1 Å². The Balaban J connectivity index is 1.28. The maximum Gasteiger partial charge on any atom is 0.573 e. The predicted molar refractivity (Wildman–Crippen MR) is 128 cm³/mol. The summed E-state index contributed by atoms with van der Waals surface area (Å²) in [6, 6.07) is 12.4. The van der Waals surface area contributed by atoms with E-state index in [0.717, 1.165) is 37.2 Å². The van der Waals surface area contributed by atoms with Crippen LogP contribution >= 0.6 is 0 Å². The van der Waals surface area contributed by atoms with Gasteiger partial charge in [0.2, 0.25) is 5.91 Å². The van der Waals surface area contributed by atoms with Gasteiger partial charge in [0, 0.05) is 18.9 Å². The normalized spacial score (nSPS) is 11.4. The summed E-state index contributed by atoms with van der Waals surface area (Å²) in [5, 5.41) is 18.9. The van der Waals surface area contributed by atoms with Crippen molar-refractivity contribution in [2.24, 2.45) is 0 Å². The lowest BCUT2D eigenvalue weighted by molar-refractivity contribution is -0.274. The van der Waals surface area contributed by atoms with Gasteiger partial charge in [0.25, 0.3) is 0 Å². The molecule has 0 radical (unpaired) electrons. The van der Waals surface area contributed by atoms with Crippen LogP contribution in [0.15, 0.2) is 60.9 Å². The van der Waals surface area contributed by atoms with Crippen molar-refractivity contribution in [2.75, 3.05) is 5.32 Å². The molecule has 192 valence electrons. The second-order valence-corrected chi connectivity index (χ2v) is 8.33. The van der Waals surface area contributed by atoms with Crippen molar-refractivity contribution >= 4 is 11.7 Å². The summed E-state index contributed by atoms with van der Waals surface area (Å²) < 4.78 is 43.4. The highest BCUT2D eigenvalue weighted by Gasteiger charge is 2.31. The molecule has 0 bridgehead atoms. The third kappa shape index (κ3) is 8.09. The number of carbonyl (C=O) groups is 1. The van der Waals surface area contributed by atoms with Crippen molar-refractivity contribution in [3.63, 3.8) is 0 Å². The maximum absolute atomic E-state index is 12.5. The summed E-state index contributed by atoms with van der Waals surface area (Å²) in [4.78, 5) is 16.7. The Morgan fingerprint density at radius 3 is 2.57 bits per heavy atom. The van der Waals surface area contributed by atoms with E-state index in [4.69, 9.17) is 0 Å². The van der Waals surface area contributed by atoms with Crippen molar-refractivity contribution in [2.45, 2.75) is 45.5 Å². The minimum Gasteiger partial charge on any atom is -0.406 e. The Kier molecular flexibility index (Phi) is 8.06. The van der Waals surface area contributed by atoms with Crippen molar-refractivity contribution in [1.82, 2.24) is 30.2 Å². The molecule has 0 saturated heterocycles. The van der Waals surface area contributed by atoms with Gasteiger partial charge in [-0.3, -0.25) is 14.5 Å². The summed E-state index contributed by atoms with van der Waals surface area (Å²) in [6.45, 7) is 2.68. The van der Waals surface area contributed by atoms with Crippen molar-refractivity contribution in [3.05, 3.63) is 78.0 Å². The molecule has 0 unspecified atom stereocenters. The molecule has 12 heteroatoms. The third-order valence-electron chi connectivity index (χ3n) is 5.27. The molecule has 1 amide bonds. The average Bonchev–Trinajstić information content (AvgIpc) is 3.27. The fraction of sp³-hybridized carbons (Fsp3) is 0.280. The number of pyridine rings is 1. The van der Waals surface area contributed by atoms with Crippen LogP contribution in [-0.4, -0.2) is 42.4 Å². The van der Waals surface area contributed by atoms with E-state index in [1.165, 1.54) is 24.4 Å². The van der Waals surface area contributed by atoms with E-state index in [1.54, 1.807) is 24.3 Å². The summed E-state index contributed by atoms with van der Waals surface area (Å²) >= 11 is 0. The average molecular weight is 512 g/mol. The standard InChI is InChI=1S/C25H24F3N7O2/c1-17-16-35(34-31-17)12-3-2-6-20-8-9-23(33-32-20)30-24(36)15-21-13-19(10-11-29-21)18-5-4-7-22(14-18)37-25(26,27)28/h4-5,7-11,13-14,16H,2-3,6,12,15H2,1H3,(H,30,33,36). The minimum absolute atomic E-state index is 0.0439. The van der Waals surface area contributed by atoms with E-state index in [0.29, 0.717) is 22.6 Å². The van der Waals surface area contributed by atoms with E-state index in [9.17, 15) is 18.0 Å². The first-order chi connectivity index (χ1) is 17.7. The maximum atomic E-state index is 12.5. The number of benzene rings is 1. The summed E-state index contributed by atoms with van der Waals surface area (Å²) in [7, 11) is 0. The van der Waals surface area contributed by atoms with Crippen LogP contribution in [0.3, 0.4) is 0 Å². The van der Waals surface area contributed by atoms with Crippen LogP contribution in [0.5, 0.6) is 5.75 Å². The lowest BCUT2D eigenvalue weighted by Crippen LogP contribution is -2.17. The first kappa shape index (κ1) is 25.7. The molecule has 9 nitrogen and oxygen atoms in total. The smallest absolute Gasteiger partial charge is 0.406 e. The van der Waals surface area contributed by atoms with E-state index >= 15 is 0 Å². The first-order valence-electron chi connectivity index (χ1n) is 11.5. The lowest BCUT2D eigenvalue weighted by Gasteiger charge is -2.10. The highest BCUT2D eigenvalue weighted by Crippen LogP contribution is 2.28. The zero-order chi connectivity index (χ0) is 26.3. The molecule has 0 spiro atoms. The molecule has 0 aliphatic heterocycles. The number of carbonyl (C=O) groups excluding carboxylic acids is 1. The number of nitrogens with zero attached hydrogens (tertiary/aromatic N) is 6. The van der Waals surface area contributed by atoms with Crippen LogP contribution in [0.2, 0.25) is 0 Å². The molecule has 4 aromatic rings. The number of rotatable bonds is 10. The molecular formula is C25H24F3N7O2. The van der Waals surface area contributed by atoms with Crippen molar-refractivity contribution in [3.8, 4) is 16.9 Å². The number of hydrogen-bond donors (Lipinski definition) is 1. The van der Waals surface area contributed by atoms with Crippen molar-refractivity contribution in [1.29, 1.82) is 0 Å². The number of aryl methyl sites for hydroxylation is 3. The van der Waals surface area contributed by atoms with Gasteiger partial charge in [-0.25, -0.2) is 0 Å². The fourth-order valence-electron chi connectivity index (χ4n) is 3.62. The number of unbranched alkanes of at least 4 members (excludes halogenated alkanes) is 1. The zero-order valence-electron chi connectivity index (χ0n) is 19.9. The van der Waals surface area contributed by atoms with Gasteiger partial charge >= 0.3 is 6.36 Å². The summed E-state index contributed by atoms with van der Waals surface area (Å²) in [5.74, 6) is -0.350. The second-order valence-electron chi connectivity index (χ2n) is 8.33. The quantitative estimate of drug-likeness (QED) is 0.312. The lowest BCUT2D eigenvalue weighted by atomic mass is 10.1. The molecule has 1 aromatic carbocycles. The Bertz CT molecular complexity index is 1340. The number of ether oxygens (including phenoxy) is 1. The van der Waals surface area contributed by atoms with E-state index in [2.05, 4.69) is 35.5 Å². The fourth-order valence-corrected chi connectivity index (χ4v) is 3.62. The molecule has 0 saturated carbocycles. The number of aromatic nitrogens is 6. The van der Waals surface area contributed by atoms with Gasteiger partial charge in [0.1, 0.15) is 5.75 Å². The number of nitrogens with one attached hydrogen (secondary N) is 1. The number of alkyl halides is 3. The highest BCUT2D eigenvalue weighted by molar-refractivity contribution is 5.91. The topological polar surface area (TPSA) is 108 Å². The molecule has 0 aliphatic carbocycles. The van der Waals surface area contributed by atoms with Crippen LogP contribution in [0.4, 0.5) is 19.0 Å².